The van der Waals surface area contributed by atoms with Crippen LogP contribution in [-0.4, -0.2) is 42.3 Å². The number of hydrogen-bond acceptors (Lipinski definition) is 7. The van der Waals surface area contributed by atoms with E-state index < -0.39 is 16.5 Å². The Balaban J connectivity index is 1.51. The van der Waals surface area contributed by atoms with Crippen LogP contribution in [0.4, 0.5) is 5.69 Å². The van der Waals surface area contributed by atoms with Crippen LogP contribution < -0.4 is 5.32 Å². The number of thioether (sulfide) groups is 1. The first-order valence-corrected chi connectivity index (χ1v) is 13.2. The summed E-state index contributed by atoms with van der Waals surface area (Å²) in [6, 6.07) is 18.1. The minimum atomic E-state index is -1.89. The van der Waals surface area contributed by atoms with Gasteiger partial charge in [0.05, 0.1) is 29.5 Å². The van der Waals surface area contributed by atoms with E-state index in [1.165, 1.54) is 6.26 Å². The van der Waals surface area contributed by atoms with Crippen LogP contribution in [0.2, 0.25) is 0 Å². The lowest BCUT2D eigenvalue weighted by Gasteiger charge is -2.34. The van der Waals surface area contributed by atoms with Crippen molar-refractivity contribution in [2.45, 2.75) is 36.3 Å². The largest absolute Gasteiger partial charge is 0.459 e. The molecule has 4 rings (SSSR count). The summed E-state index contributed by atoms with van der Waals surface area (Å²) in [4.78, 5) is 24.0. The topological polar surface area (TPSA) is 112 Å². The van der Waals surface area contributed by atoms with Crippen molar-refractivity contribution in [2.75, 3.05) is 5.32 Å². The molecule has 2 N–H and O–H groups in total. The lowest BCUT2D eigenvalue weighted by atomic mass is 10.0. The molecule has 0 fully saturated rings. The molecule has 35 heavy (non-hydrogen) atoms. The molecule has 10 heteroatoms. The molecule has 3 aromatic rings. The SMILES string of the molecule is CCC1SC(C=O)N(Cc2ccc(NC(=O)c3ccco3)cc2)N=C1c1ccc(CS(=O)O)cc1. The van der Waals surface area contributed by atoms with Crippen LogP contribution in [-0.2, 0) is 28.2 Å². The summed E-state index contributed by atoms with van der Waals surface area (Å²) in [5, 5.41) is 9.04. The second kappa shape index (κ2) is 11.5. The molecule has 1 amide bonds. The molecule has 1 aromatic heterocycles. The quantitative estimate of drug-likeness (QED) is 0.321. The van der Waals surface area contributed by atoms with Crippen molar-refractivity contribution in [3.63, 3.8) is 0 Å². The molecule has 0 radical (unpaired) electrons. The number of amides is 1. The number of hydrogen-bond donors (Lipinski definition) is 2. The summed E-state index contributed by atoms with van der Waals surface area (Å²) < 4.78 is 25.3. The van der Waals surface area contributed by atoms with E-state index in [1.54, 1.807) is 41.0 Å². The number of benzene rings is 2. The Morgan fingerprint density at radius 3 is 2.49 bits per heavy atom. The van der Waals surface area contributed by atoms with Crippen LogP contribution >= 0.6 is 11.8 Å². The van der Waals surface area contributed by atoms with Crippen LogP contribution in [0, 0.1) is 0 Å². The fourth-order valence-electron chi connectivity index (χ4n) is 3.72. The number of nitrogens with one attached hydrogen (secondary N) is 1. The van der Waals surface area contributed by atoms with Crippen LogP contribution in [0.1, 0.15) is 40.6 Å². The maximum atomic E-state index is 12.2. The highest BCUT2D eigenvalue weighted by molar-refractivity contribution is 8.01. The number of nitrogens with zero attached hydrogens (tertiary/aromatic N) is 2. The Bertz CT molecular complexity index is 1210. The minimum absolute atomic E-state index is 0.0541. The van der Waals surface area contributed by atoms with Gasteiger partial charge in [0.15, 0.2) is 23.1 Å². The van der Waals surface area contributed by atoms with Gasteiger partial charge < -0.3 is 19.1 Å². The summed E-state index contributed by atoms with van der Waals surface area (Å²) >= 11 is -0.336. The fraction of sp³-hybridized carbons (Fsp3) is 0.240. The predicted molar refractivity (Wildman–Crippen MR) is 138 cm³/mol. The summed E-state index contributed by atoms with van der Waals surface area (Å²) in [6.45, 7) is 2.48. The molecule has 3 unspecified atom stereocenters. The van der Waals surface area contributed by atoms with E-state index in [0.29, 0.717) is 12.2 Å². The molecule has 0 aliphatic carbocycles. The van der Waals surface area contributed by atoms with Crippen LogP contribution in [0.5, 0.6) is 0 Å². The van der Waals surface area contributed by atoms with E-state index in [9.17, 15) is 13.8 Å². The second-order valence-corrected chi connectivity index (χ2v) is 10.2. The van der Waals surface area contributed by atoms with E-state index in [4.69, 9.17) is 14.1 Å². The number of rotatable bonds is 9. The van der Waals surface area contributed by atoms with Crippen molar-refractivity contribution in [1.29, 1.82) is 0 Å². The molecule has 1 aliphatic rings. The van der Waals surface area contributed by atoms with Crippen LogP contribution in [0.15, 0.2) is 76.4 Å². The van der Waals surface area contributed by atoms with Gasteiger partial charge in [0.1, 0.15) is 5.37 Å². The molecule has 0 saturated heterocycles. The molecule has 1 aliphatic heterocycles. The third kappa shape index (κ3) is 6.27. The average Bonchev–Trinajstić information content (AvgIpc) is 3.40. The van der Waals surface area contributed by atoms with Crippen molar-refractivity contribution in [3.8, 4) is 0 Å². The molecule has 0 saturated carbocycles. The molecule has 182 valence electrons. The minimum Gasteiger partial charge on any atom is -0.459 e. The zero-order chi connectivity index (χ0) is 24.8. The molecule has 8 nitrogen and oxygen atoms in total. The highest BCUT2D eigenvalue weighted by atomic mass is 32.2. The fourth-order valence-corrected chi connectivity index (χ4v) is 5.36. The zero-order valence-corrected chi connectivity index (χ0v) is 20.6. The number of hydrazone groups is 1. The molecule has 0 bridgehead atoms. The summed E-state index contributed by atoms with van der Waals surface area (Å²) in [7, 11) is 0. The van der Waals surface area contributed by atoms with Gasteiger partial charge in [-0.3, -0.25) is 9.80 Å². The Hall–Kier alpha value is -3.21. The highest BCUT2D eigenvalue weighted by Crippen LogP contribution is 2.32. The van der Waals surface area contributed by atoms with E-state index in [0.717, 1.165) is 35.1 Å². The van der Waals surface area contributed by atoms with Crippen molar-refractivity contribution >= 4 is 46.4 Å². The zero-order valence-electron chi connectivity index (χ0n) is 19.0. The van der Waals surface area contributed by atoms with Gasteiger partial charge in [-0.2, -0.15) is 5.10 Å². The number of aldehydes is 1. The standard InChI is InChI=1S/C25H25N3O5S2/c1-2-22-24(19-9-5-18(6-10-19)16-35(31)32)27-28(23(15-29)34-22)14-17-7-11-20(12-8-17)26-25(30)21-4-3-13-33-21/h3-13,15,22-23H,2,14,16H2,1H3,(H,26,30)(H,31,32). The first-order chi connectivity index (χ1) is 17.0. The van der Waals surface area contributed by atoms with Crippen LogP contribution in [0.25, 0.3) is 0 Å². The molecular weight excluding hydrogens is 486 g/mol. The molecule has 2 heterocycles. The summed E-state index contributed by atoms with van der Waals surface area (Å²) in [6.07, 6.45) is 3.17. The second-order valence-electron chi connectivity index (χ2n) is 7.93. The van der Waals surface area contributed by atoms with Crippen molar-refractivity contribution in [2.24, 2.45) is 5.10 Å². The van der Waals surface area contributed by atoms with Crippen LogP contribution in [0.3, 0.4) is 0 Å². The summed E-state index contributed by atoms with van der Waals surface area (Å²) in [5.74, 6) is -0.0127. The highest BCUT2D eigenvalue weighted by Gasteiger charge is 2.31. The van der Waals surface area contributed by atoms with Gasteiger partial charge in [-0.1, -0.05) is 43.3 Å². The van der Waals surface area contributed by atoms with Crippen molar-refractivity contribution in [1.82, 2.24) is 5.01 Å². The first-order valence-electron chi connectivity index (χ1n) is 11.0. The smallest absolute Gasteiger partial charge is 0.291 e. The Kier molecular flexibility index (Phi) is 8.17. The van der Waals surface area contributed by atoms with E-state index >= 15 is 0 Å². The predicted octanol–water partition coefficient (Wildman–Crippen LogP) is 4.51. The van der Waals surface area contributed by atoms with E-state index in [-0.39, 0.29) is 22.7 Å². The average molecular weight is 512 g/mol. The number of anilines is 1. The van der Waals surface area contributed by atoms with E-state index in [2.05, 4.69) is 12.2 Å². The molecular formula is C25H25N3O5S2. The monoisotopic (exact) mass is 511 g/mol. The van der Waals surface area contributed by atoms with Gasteiger partial charge in [-0.25, -0.2) is 4.21 Å². The molecule has 3 atom stereocenters. The maximum Gasteiger partial charge on any atom is 0.291 e. The van der Waals surface area contributed by atoms with Gasteiger partial charge in [0.25, 0.3) is 5.91 Å². The van der Waals surface area contributed by atoms with E-state index in [1.807, 2.05) is 36.4 Å². The number of carbonyl (C=O) groups excluding carboxylic acids is 2. The Labute approximate surface area is 210 Å². The van der Waals surface area contributed by atoms with Gasteiger partial charge >= 0.3 is 0 Å². The van der Waals surface area contributed by atoms with Crippen molar-refractivity contribution in [3.05, 3.63) is 89.4 Å². The van der Waals surface area contributed by atoms with Gasteiger partial charge in [0.2, 0.25) is 0 Å². The molecule has 2 aromatic carbocycles. The van der Waals surface area contributed by atoms with Gasteiger partial charge in [-0.15, -0.1) is 11.8 Å². The normalized spacial score (nSPS) is 18.6. The first kappa shape index (κ1) is 24.9. The third-order valence-corrected chi connectivity index (χ3v) is 7.57. The number of furan rings is 1. The summed E-state index contributed by atoms with van der Waals surface area (Å²) in [5.41, 5.74) is 4.13. The van der Waals surface area contributed by atoms with Gasteiger partial charge in [-0.05, 0) is 47.4 Å². The lowest BCUT2D eigenvalue weighted by Crippen LogP contribution is -2.39. The number of carbonyl (C=O) groups is 2. The lowest BCUT2D eigenvalue weighted by molar-refractivity contribution is -0.110. The van der Waals surface area contributed by atoms with Gasteiger partial charge in [0, 0.05) is 5.69 Å². The Morgan fingerprint density at radius 1 is 1.17 bits per heavy atom. The Morgan fingerprint density at radius 2 is 1.89 bits per heavy atom. The maximum absolute atomic E-state index is 12.2. The van der Waals surface area contributed by atoms with Crippen molar-refractivity contribution < 1.29 is 22.8 Å². The molecule has 0 spiro atoms. The third-order valence-electron chi connectivity index (χ3n) is 5.47.